The van der Waals surface area contributed by atoms with E-state index in [-0.39, 0.29) is 0 Å². The first-order valence-corrected chi connectivity index (χ1v) is 20.2. The van der Waals surface area contributed by atoms with Crippen molar-refractivity contribution < 1.29 is 0 Å². The molecular formula is C40H70N4. The lowest BCUT2D eigenvalue weighted by molar-refractivity contribution is -0.0289. The predicted molar refractivity (Wildman–Crippen MR) is 183 cm³/mol. The molecular weight excluding hydrogens is 536 g/mol. The van der Waals surface area contributed by atoms with Crippen LogP contribution in [0.25, 0.3) is 0 Å². The number of hydrogen-bond donors (Lipinski definition) is 0. The summed E-state index contributed by atoms with van der Waals surface area (Å²) < 4.78 is 0. The molecule has 10 rings (SSSR count). The molecule has 0 N–H and O–H groups in total. The van der Waals surface area contributed by atoms with E-state index in [1.165, 1.54) is 91.1 Å². The van der Waals surface area contributed by atoms with E-state index in [9.17, 15) is 0 Å². The molecule has 6 aliphatic carbocycles. The topological polar surface area (TPSA) is 13.0 Å². The molecule has 0 spiro atoms. The molecule has 4 aliphatic heterocycles. The fourth-order valence-corrected chi connectivity index (χ4v) is 14.3. The first kappa shape index (κ1) is 31.1. The summed E-state index contributed by atoms with van der Waals surface area (Å²) in [6, 6.07) is 1.59. The molecule has 0 aromatic rings. The Bertz CT molecular complexity index is 942. The van der Waals surface area contributed by atoms with Gasteiger partial charge >= 0.3 is 0 Å². The van der Waals surface area contributed by atoms with Crippen LogP contribution in [0, 0.1) is 82.9 Å². The lowest BCUT2D eigenvalue weighted by Gasteiger charge is -2.52. The largest absolute Gasteiger partial charge is 0.302 e. The molecule has 0 aromatic carbocycles. The molecule has 0 amide bonds. The summed E-state index contributed by atoms with van der Waals surface area (Å²) in [4.78, 5) is 11.7. The summed E-state index contributed by atoms with van der Waals surface area (Å²) >= 11 is 0. The minimum Gasteiger partial charge on any atom is -0.302 e. The molecule has 6 saturated carbocycles. The van der Waals surface area contributed by atoms with Gasteiger partial charge in [-0.05, 0) is 142 Å². The van der Waals surface area contributed by atoms with Gasteiger partial charge in [0.1, 0.15) is 0 Å². The Labute approximate surface area is 272 Å². The zero-order valence-electron chi connectivity index (χ0n) is 29.8. The number of fused-ring (bicyclic) bond motifs is 2. The third kappa shape index (κ3) is 5.38. The van der Waals surface area contributed by atoms with Crippen molar-refractivity contribution in [3.05, 3.63) is 0 Å². The molecule has 10 aliphatic rings. The number of hydrogen-bond acceptors (Lipinski definition) is 4. The summed E-state index contributed by atoms with van der Waals surface area (Å²) in [5.74, 6) is 14.1. The molecule has 10 fully saturated rings. The second kappa shape index (κ2) is 12.4. The van der Waals surface area contributed by atoms with E-state index in [4.69, 9.17) is 0 Å². The fraction of sp³-hybridized carbons (Fsp3) is 1.00. The number of nitrogens with zero attached hydrogens (tertiary/aromatic N) is 4. The molecule has 0 radical (unpaired) electrons. The van der Waals surface area contributed by atoms with Gasteiger partial charge in [-0.15, -0.1) is 0 Å². The smallest absolute Gasteiger partial charge is 0.00671 e. The Morgan fingerprint density at radius 3 is 1.25 bits per heavy atom. The maximum absolute atomic E-state index is 2.99. The maximum Gasteiger partial charge on any atom is 0.00671 e. The highest BCUT2D eigenvalue weighted by atomic mass is 15.2. The fourth-order valence-electron chi connectivity index (χ4n) is 14.3. The summed E-state index contributed by atoms with van der Waals surface area (Å²) in [6.45, 7) is 29.1. The summed E-state index contributed by atoms with van der Waals surface area (Å²) in [5.41, 5.74) is 0. The number of likely N-dealkylation sites (tertiary alicyclic amines) is 4. The van der Waals surface area contributed by atoms with Crippen LogP contribution in [0.1, 0.15) is 92.9 Å². The first-order chi connectivity index (χ1) is 21.3. The zero-order chi connectivity index (χ0) is 30.3. The molecule has 4 bridgehead atoms. The third-order valence-corrected chi connectivity index (χ3v) is 16.3. The Morgan fingerprint density at radius 1 is 0.455 bits per heavy atom. The van der Waals surface area contributed by atoms with Crippen molar-refractivity contribution in [3.63, 3.8) is 0 Å². The second-order valence-electron chi connectivity index (χ2n) is 19.0. The lowest BCUT2D eigenvalue weighted by Crippen LogP contribution is -2.49. The maximum atomic E-state index is 2.99. The van der Waals surface area contributed by atoms with Crippen LogP contribution in [0.15, 0.2) is 0 Å². The van der Waals surface area contributed by atoms with Crippen LogP contribution in [0.2, 0.25) is 0 Å². The Morgan fingerprint density at radius 2 is 0.841 bits per heavy atom. The minimum atomic E-state index is 0.795. The predicted octanol–water partition coefficient (Wildman–Crippen LogP) is 6.91. The van der Waals surface area contributed by atoms with E-state index in [1.807, 2.05) is 0 Å². The van der Waals surface area contributed by atoms with Crippen LogP contribution in [0.3, 0.4) is 0 Å². The van der Waals surface area contributed by atoms with Gasteiger partial charge in [-0.1, -0.05) is 34.1 Å². The van der Waals surface area contributed by atoms with Gasteiger partial charge in [0.25, 0.3) is 0 Å². The summed E-state index contributed by atoms with van der Waals surface area (Å²) in [5, 5.41) is 0. The molecule has 4 heteroatoms. The molecule has 15 unspecified atom stereocenters. The third-order valence-electron chi connectivity index (χ3n) is 16.3. The molecule has 0 aromatic heterocycles. The Balaban J connectivity index is 0.786. The molecule has 250 valence electrons. The molecule has 4 heterocycles. The van der Waals surface area contributed by atoms with Crippen LogP contribution in [-0.4, -0.2) is 97.1 Å². The highest BCUT2D eigenvalue weighted by Crippen LogP contribution is 2.60. The Kier molecular flexibility index (Phi) is 8.76. The van der Waals surface area contributed by atoms with Crippen LogP contribution in [0.5, 0.6) is 0 Å². The standard InChI is InChI=1S/C40H70N4/c1-7-27(5)43-21-37-31-13-14-32(38(37)22-43)40-24-44(23-39(31)40)28(6)10-8-9-26(4)16-42-19-35-29-11-12-30(36(35)20-42)34-18-41(15-25(2)3)17-33(29)34/h25-40H,7-24H2,1-6H3. The lowest BCUT2D eigenvalue weighted by atomic mass is 9.52. The molecule has 44 heavy (non-hydrogen) atoms. The molecule has 4 nitrogen and oxygen atoms in total. The van der Waals surface area contributed by atoms with Gasteiger partial charge < -0.3 is 19.6 Å². The van der Waals surface area contributed by atoms with E-state index in [1.54, 1.807) is 25.7 Å². The average Bonchev–Trinajstić information content (AvgIpc) is 3.80. The van der Waals surface area contributed by atoms with Gasteiger partial charge in [0.15, 0.2) is 0 Å². The van der Waals surface area contributed by atoms with E-state index in [2.05, 4.69) is 61.1 Å². The van der Waals surface area contributed by atoms with Gasteiger partial charge in [-0.2, -0.15) is 0 Å². The zero-order valence-corrected chi connectivity index (χ0v) is 29.8. The van der Waals surface area contributed by atoms with E-state index in [0.717, 1.165) is 94.9 Å². The van der Waals surface area contributed by atoms with Crippen LogP contribution >= 0.6 is 0 Å². The van der Waals surface area contributed by atoms with Crippen LogP contribution in [0.4, 0.5) is 0 Å². The normalized spacial score (nSPS) is 47.2. The molecule has 4 saturated heterocycles. The SMILES string of the molecule is CCC(C)N1CC2C3CCC(C2C1)C1CN(C(C)CCCC(C)CN2CC4C5CCC(C6CN(CC(C)C)CC56)C4C2)CC31. The van der Waals surface area contributed by atoms with Gasteiger partial charge in [0, 0.05) is 77.5 Å². The monoisotopic (exact) mass is 607 g/mol. The van der Waals surface area contributed by atoms with Crippen molar-refractivity contribution in [2.45, 2.75) is 105 Å². The van der Waals surface area contributed by atoms with Gasteiger partial charge in [-0.25, -0.2) is 0 Å². The Hall–Kier alpha value is -0.160. The van der Waals surface area contributed by atoms with E-state index >= 15 is 0 Å². The highest BCUT2D eigenvalue weighted by molar-refractivity contribution is 5.10. The summed E-state index contributed by atoms with van der Waals surface area (Å²) in [6.07, 6.45) is 11.9. The minimum absolute atomic E-state index is 0.795. The number of rotatable bonds is 11. The average molecular weight is 607 g/mol. The van der Waals surface area contributed by atoms with Crippen molar-refractivity contribution in [1.29, 1.82) is 0 Å². The highest BCUT2D eigenvalue weighted by Gasteiger charge is 2.60. The van der Waals surface area contributed by atoms with Crippen LogP contribution in [-0.2, 0) is 0 Å². The van der Waals surface area contributed by atoms with E-state index in [0.29, 0.717) is 0 Å². The van der Waals surface area contributed by atoms with Crippen molar-refractivity contribution in [2.75, 3.05) is 65.4 Å². The van der Waals surface area contributed by atoms with Crippen molar-refractivity contribution in [1.82, 2.24) is 19.6 Å². The van der Waals surface area contributed by atoms with Crippen molar-refractivity contribution in [2.24, 2.45) is 82.9 Å². The van der Waals surface area contributed by atoms with Gasteiger partial charge in [-0.3, -0.25) is 0 Å². The van der Waals surface area contributed by atoms with Crippen molar-refractivity contribution >= 4 is 0 Å². The van der Waals surface area contributed by atoms with Gasteiger partial charge in [0.2, 0.25) is 0 Å². The van der Waals surface area contributed by atoms with Crippen molar-refractivity contribution in [3.8, 4) is 0 Å². The quantitative estimate of drug-likeness (QED) is 0.253. The molecule has 15 atom stereocenters. The first-order valence-electron chi connectivity index (χ1n) is 20.2. The second-order valence-corrected chi connectivity index (χ2v) is 19.0. The van der Waals surface area contributed by atoms with E-state index < -0.39 is 0 Å². The van der Waals surface area contributed by atoms with Gasteiger partial charge in [0.05, 0.1) is 0 Å². The summed E-state index contributed by atoms with van der Waals surface area (Å²) in [7, 11) is 0. The van der Waals surface area contributed by atoms with Crippen LogP contribution < -0.4 is 0 Å².